The van der Waals surface area contributed by atoms with Crippen molar-refractivity contribution in [3.63, 3.8) is 0 Å². The van der Waals surface area contributed by atoms with Gasteiger partial charge in [0.15, 0.2) is 0 Å². The average Bonchev–Trinajstić information content (AvgIpc) is 2.13. The minimum Gasteiger partial charge on any atom is -0.481 e. The van der Waals surface area contributed by atoms with Gasteiger partial charge in [-0.05, 0) is 27.7 Å². The Bertz CT molecular complexity index is 300. The molecule has 0 unspecified atom stereocenters. The molecule has 0 saturated carbocycles. The number of urea groups is 1. The first-order chi connectivity index (χ1) is 7.52. The van der Waals surface area contributed by atoms with E-state index in [2.05, 4.69) is 5.32 Å². The molecule has 0 atom stereocenters. The van der Waals surface area contributed by atoms with Crippen LogP contribution in [0.15, 0.2) is 0 Å². The predicted octanol–water partition coefficient (Wildman–Crippen LogP) is 0.652. The topological polar surface area (TPSA) is 89.9 Å². The standard InChI is InChI=1S/C11H22N2O4/c1-10(2,6-8(15)16)12-9(17)13(5)11(3,4)7-14/h14H,6-7H2,1-5H3,(H,12,17)(H,15,16). The highest BCUT2D eigenvalue weighted by atomic mass is 16.4. The summed E-state index contributed by atoms with van der Waals surface area (Å²) >= 11 is 0. The van der Waals surface area contributed by atoms with Crippen LogP contribution in [0.3, 0.4) is 0 Å². The minimum atomic E-state index is -0.973. The van der Waals surface area contributed by atoms with Gasteiger partial charge in [-0.3, -0.25) is 4.79 Å². The molecule has 100 valence electrons. The lowest BCUT2D eigenvalue weighted by Crippen LogP contribution is -2.56. The fourth-order valence-electron chi connectivity index (χ4n) is 1.18. The fraction of sp³-hybridized carbons (Fsp3) is 0.818. The quantitative estimate of drug-likeness (QED) is 0.664. The Morgan fingerprint density at radius 2 is 1.71 bits per heavy atom. The van der Waals surface area contributed by atoms with Crippen LogP contribution in [0.2, 0.25) is 0 Å². The van der Waals surface area contributed by atoms with Crippen molar-refractivity contribution in [3.8, 4) is 0 Å². The molecule has 0 aromatic carbocycles. The van der Waals surface area contributed by atoms with Gasteiger partial charge >= 0.3 is 12.0 Å². The molecular weight excluding hydrogens is 224 g/mol. The zero-order valence-corrected chi connectivity index (χ0v) is 11.1. The highest BCUT2D eigenvalue weighted by Gasteiger charge is 2.31. The van der Waals surface area contributed by atoms with Crippen LogP contribution < -0.4 is 5.32 Å². The summed E-state index contributed by atoms with van der Waals surface area (Å²) in [4.78, 5) is 23.8. The molecule has 0 aromatic heterocycles. The van der Waals surface area contributed by atoms with Gasteiger partial charge in [-0.25, -0.2) is 4.79 Å². The maximum absolute atomic E-state index is 11.9. The number of carboxylic acid groups (broad SMARTS) is 1. The number of likely N-dealkylation sites (N-methyl/N-ethyl adjacent to an activating group) is 1. The van der Waals surface area contributed by atoms with E-state index in [4.69, 9.17) is 10.2 Å². The fourth-order valence-corrected chi connectivity index (χ4v) is 1.18. The molecule has 0 heterocycles. The summed E-state index contributed by atoms with van der Waals surface area (Å²) in [6.07, 6.45) is -0.161. The van der Waals surface area contributed by atoms with Gasteiger partial charge in [0.2, 0.25) is 0 Å². The molecule has 0 fully saturated rings. The van der Waals surface area contributed by atoms with Crippen molar-refractivity contribution in [2.75, 3.05) is 13.7 Å². The molecular formula is C11H22N2O4. The number of hydrogen-bond donors (Lipinski definition) is 3. The Balaban J connectivity index is 4.59. The van der Waals surface area contributed by atoms with E-state index < -0.39 is 23.1 Å². The van der Waals surface area contributed by atoms with Crippen LogP contribution in [0.4, 0.5) is 4.79 Å². The van der Waals surface area contributed by atoms with Crippen LogP contribution >= 0.6 is 0 Å². The van der Waals surface area contributed by atoms with Crippen molar-refractivity contribution in [1.29, 1.82) is 0 Å². The van der Waals surface area contributed by atoms with Gasteiger partial charge in [-0.1, -0.05) is 0 Å². The van der Waals surface area contributed by atoms with Crippen molar-refractivity contribution < 1.29 is 19.8 Å². The molecule has 0 aromatic rings. The number of aliphatic hydroxyl groups is 1. The highest BCUT2D eigenvalue weighted by molar-refractivity contribution is 5.77. The van der Waals surface area contributed by atoms with Gasteiger partial charge in [0.1, 0.15) is 0 Å². The molecule has 17 heavy (non-hydrogen) atoms. The monoisotopic (exact) mass is 246 g/mol. The predicted molar refractivity (Wildman–Crippen MR) is 63.8 cm³/mol. The van der Waals surface area contributed by atoms with E-state index in [1.54, 1.807) is 34.7 Å². The number of hydrogen-bond acceptors (Lipinski definition) is 3. The van der Waals surface area contributed by atoms with Crippen molar-refractivity contribution in [2.45, 2.75) is 45.2 Å². The Labute approximate surface area is 102 Å². The number of carbonyl (C=O) groups is 2. The Hall–Kier alpha value is -1.30. The molecule has 0 rings (SSSR count). The molecule has 6 nitrogen and oxygen atoms in total. The molecule has 6 heteroatoms. The van der Waals surface area contributed by atoms with Crippen molar-refractivity contribution in [3.05, 3.63) is 0 Å². The number of carbonyl (C=O) groups excluding carboxylic acids is 1. The van der Waals surface area contributed by atoms with E-state index in [9.17, 15) is 9.59 Å². The first-order valence-electron chi connectivity index (χ1n) is 5.40. The van der Waals surface area contributed by atoms with Crippen molar-refractivity contribution in [2.24, 2.45) is 0 Å². The van der Waals surface area contributed by atoms with Gasteiger partial charge < -0.3 is 20.4 Å². The van der Waals surface area contributed by atoms with E-state index in [0.717, 1.165) is 0 Å². The highest BCUT2D eigenvalue weighted by Crippen LogP contribution is 2.14. The summed E-state index contributed by atoms with van der Waals surface area (Å²) in [6, 6.07) is -0.407. The number of carboxylic acids is 1. The van der Waals surface area contributed by atoms with Crippen molar-refractivity contribution >= 4 is 12.0 Å². The Kier molecular flexibility index (Phi) is 4.94. The van der Waals surface area contributed by atoms with Gasteiger partial charge in [0.05, 0.1) is 18.6 Å². The lowest BCUT2D eigenvalue weighted by atomic mass is 10.0. The Morgan fingerprint density at radius 1 is 1.24 bits per heavy atom. The minimum absolute atomic E-state index is 0.161. The lowest BCUT2D eigenvalue weighted by Gasteiger charge is -2.36. The van der Waals surface area contributed by atoms with Crippen molar-refractivity contribution in [1.82, 2.24) is 10.2 Å². The third-order valence-electron chi connectivity index (χ3n) is 2.64. The van der Waals surface area contributed by atoms with E-state index in [1.807, 2.05) is 0 Å². The third kappa shape index (κ3) is 5.04. The number of nitrogens with one attached hydrogen (secondary N) is 1. The first-order valence-corrected chi connectivity index (χ1v) is 5.40. The second-order valence-corrected chi connectivity index (χ2v) is 5.41. The molecule has 0 aliphatic heterocycles. The van der Waals surface area contributed by atoms with Gasteiger partial charge in [-0.2, -0.15) is 0 Å². The zero-order chi connectivity index (χ0) is 13.9. The number of aliphatic carboxylic acids is 1. The molecule has 0 bridgehead atoms. The van der Waals surface area contributed by atoms with Crippen LogP contribution in [0.5, 0.6) is 0 Å². The molecule has 0 aliphatic carbocycles. The zero-order valence-electron chi connectivity index (χ0n) is 11.1. The number of nitrogens with zero attached hydrogens (tertiary/aromatic N) is 1. The van der Waals surface area contributed by atoms with Crippen LogP contribution in [0.25, 0.3) is 0 Å². The van der Waals surface area contributed by atoms with E-state index in [1.165, 1.54) is 4.90 Å². The first kappa shape index (κ1) is 15.7. The number of rotatable bonds is 5. The van der Waals surface area contributed by atoms with E-state index in [-0.39, 0.29) is 13.0 Å². The SMILES string of the molecule is CN(C(=O)NC(C)(C)CC(=O)O)C(C)(C)CO. The van der Waals surface area contributed by atoms with E-state index in [0.29, 0.717) is 0 Å². The number of amides is 2. The molecule has 0 spiro atoms. The maximum atomic E-state index is 11.9. The smallest absolute Gasteiger partial charge is 0.318 e. The molecule has 0 aliphatic rings. The van der Waals surface area contributed by atoms with Crippen LogP contribution in [0.1, 0.15) is 34.1 Å². The lowest BCUT2D eigenvalue weighted by molar-refractivity contribution is -0.138. The summed E-state index contributed by atoms with van der Waals surface area (Å²) in [5.74, 6) is -0.973. The summed E-state index contributed by atoms with van der Waals surface area (Å²) in [7, 11) is 1.56. The van der Waals surface area contributed by atoms with Gasteiger partial charge in [0.25, 0.3) is 0 Å². The molecule has 0 saturated heterocycles. The average molecular weight is 246 g/mol. The van der Waals surface area contributed by atoms with Gasteiger partial charge in [0, 0.05) is 12.6 Å². The van der Waals surface area contributed by atoms with E-state index >= 15 is 0 Å². The summed E-state index contributed by atoms with van der Waals surface area (Å²) in [5, 5.41) is 20.5. The number of aliphatic hydroxyl groups excluding tert-OH is 1. The summed E-state index contributed by atoms with van der Waals surface area (Å²) in [5.41, 5.74) is -1.52. The second-order valence-electron chi connectivity index (χ2n) is 5.41. The second kappa shape index (κ2) is 5.35. The largest absolute Gasteiger partial charge is 0.481 e. The summed E-state index contributed by atoms with van der Waals surface area (Å²) in [6.45, 7) is 6.54. The third-order valence-corrected chi connectivity index (χ3v) is 2.64. The summed E-state index contributed by atoms with van der Waals surface area (Å²) < 4.78 is 0. The van der Waals surface area contributed by atoms with Gasteiger partial charge in [-0.15, -0.1) is 0 Å². The van der Waals surface area contributed by atoms with Crippen LogP contribution in [-0.4, -0.2) is 51.8 Å². The maximum Gasteiger partial charge on any atom is 0.318 e. The molecule has 3 N–H and O–H groups in total. The normalized spacial score (nSPS) is 12.1. The molecule has 2 amide bonds. The van der Waals surface area contributed by atoms with Crippen LogP contribution in [-0.2, 0) is 4.79 Å². The molecule has 0 radical (unpaired) electrons. The van der Waals surface area contributed by atoms with Crippen LogP contribution in [0, 0.1) is 0 Å². The Morgan fingerprint density at radius 3 is 2.06 bits per heavy atom.